The summed E-state index contributed by atoms with van der Waals surface area (Å²) >= 11 is 5.73. The molecule has 0 radical (unpaired) electrons. The van der Waals surface area contributed by atoms with Gasteiger partial charge in [0.15, 0.2) is 0 Å². The molecule has 0 unspecified atom stereocenters. The van der Waals surface area contributed by atoms with Crippen LogP contribution in [0.15, 0.2) is 41.6 Å². The number of allylic oxidation sites excluding steroid dienone is 2. The Morgan fingerprint density at radius 2 is 2.18 bits per heavy atom. The molecule has 17 heavy (non-hydrogen) atoms. The molecular weight excluding hydrogens is 239 g/mol. The van der Waals surface area contributed by atoms with E-state index in [4.69, 9.17) is 16.9 Å². The predicted molar refractivity (Wildman–Crippen MR) is 68.3 cm³/mol. The molecule has 4 heteroatoms. The molecule has 0 atom stereocenters. The van der Waals surface area contributed by atoms with E-state index in [9.17, 15) is 4.39 Å². The number of rotatable bonds is 3. The minimum atomic E-state index is -0.443. The number of hydrogen-bond acceptors (Lipinski definition) is 2. The highest BCUT2D eigenvalue weighted by Gasteiger charge is 2.04. The van der Waals surface area contributed by atoms with Crippen molar-refractivity contribution in [3.8, 4) is 6.07 Å². The van der Waals surface area contributed by atoms with Crippen LogP contribution >= 0.6 is 11.6 Å². The molecule has 1 aromatic rings. The van der Waals surface area contributed by atoms with Crippen LogP contribution in [-0.4, -0.2) is 7.05 Å². The summed E-state index contributed by atoms with van der Waals surface area (Å²) in [5.41, 5.74) is 1.64. The van der Waals surface area contributed by atoms with Gasteiger partial charge in [0.1, 0.15) is 5.82 Å². The Labute approximate surface area is 105 Å². The molecule has 0 heterocycles. The van der Waals surface area contributed by atoms with Gasteiger partial charge in [-0.1, -0.05) is 18.2 Å². The lowest BCUT2D eigenvalue weighted by atomic mass is 10.2. The van der Waals surface area contributed by atoms with Gasteiger partial charge in [0.2, 0.25) is 0 Å². The van der Waals surface area contributed by atoms with E-state index < -0.39 is 5.82 Å². The lowest BCUT2D eigenvalue weighted by molar-refractivity contribution is 0.627. The Morgan fingerprint density at radius 3 is 2.71 bits per heavy atom. The summed E-state index contributed by atoms with van der Waals surface area (Å²) in [7, 11) is 1.75. The summed E-state index contributed by atoms with van der Waals surface area (Å²) in [6, 6.07) is 6.05. The highest BCUT2D eigenvalue weighted by molar-refractivity contribution is 6.31. The van der Waals surface area contributed by atoms with Crippen LogP contribution in [0.4, 0.5) is 10.1 Å². The van der Waals surface area contributed by atoms with E-state index in [-0.39, 0.29) is 5.56 Å². The van der Waals surface area contributed by atoms with Crippen LogP contribution in [0, 0.1) is 17.1 Å². The molecule has 2 nitrogen and oxygen atoms in total. The van der Waals surface area contributed by atoms with Crippen LogP contribution in [-0.2, 0) is 0 Å². The van der Waals surface area contributed by atoms with E-state index in [0.717, 1.165) is 5.57 Å². The average Bonchev–Trinajstić information content (AvgIpc) is 2.27. The van der Waals surface area contributed by atoms with Crippen LogP contribution < -0.4 is 4.90 Å². The van der Waals surface area contributed by atoms with Crippen LogP contribution in [0.25, 0.3) is 0 Å². The standard InChI is InChI=1S/C13H12ClFN2/c1-9(10(2)14)8-17(3)13-5-11(7-16)4-12(15)6-13/h4-6,8H,2H2,1,3H3/b9-8-. The summed E-state index contributed by atoms with van der Waals surface area (Å²) in [5.74, 6) is -0.443. The van der Waals surface area contributed by atoms with Crippen molar-refractivity contribution in [2.45, 2.75) is 6.92 Å². The smallest absolute Gasteiger partial charge is 0.126 e. The molecule has 0 spiro atoms. The molecule has 0 N–H and O–H groups in total. The maximum Gasteiger partial charge on any atom is 0.126 e. The van der Waals surface area contributed by atoms with Gasteiger partial charge >= 0.3 is 0 Å². The van der Waals surface area contributed by atoms with E-state index in [1.165, 1.54) is 12.1 Å². The van der Waals surface area contributed by atoms with Gasteiger partial charge in [0, 0.05) is 24.0 Å². The highest BCUT2D eigenvalue weighted by atomic mass is 35.5. The zero-order valence-corrected chi connectivity index (χ0v) is 10.4. The number of benzene rings is 1. The van der Waals surface area contributed by atoms with Crippen LogP contribution in [0.3, 0.4) is 0 Å². The molecule has 0 bridgehead atoms. The first-order valence-corrected chi connectivity index (χ1v) is 5.28. The molecule has 0 aliphatic carbocycles. The number of halogens is 2. The molecule has 0 fully saturated rings. The second kappa shape index (κ2) is 5.51. The third kappa shape index (κ3) is 3.61. The zero-order valence-electron chi connectivity index (χ0n) is 9.67. The minimum absolute atomic E-state index is 0.280. The number of nitriles is 1. The fourth-order valence-electron chi connectivity index (χ4n) is 1.28. The second-order valence-corrected chi connectivity index (χ2v) is 4.09. The predicted octanol–water partition coefficient (Wildman–Crippen LogP) is 3.79. The van der Waals surface area contributed by atoms with E-state index in [0.29, 0.717) is 10.7 Å². The average molecular weight is 251 g/mol. The molecule has 0 saturated carbocycles. The van der Waals surface area contributed by atoms with E-state index in [2.05, 4.69) is 6.58 Å². The Hall–Kier alpha value is -1.79. The van der Waals surface area contributed by atoms with Crippen LogP contribution in [0.1, 0.15) is 12.5 Å². The Kier molecular flexibility index (Phi) is 4.30. The number of anilines is 1. The van der Waals surface area contributed by atoms with Crippen LogP contribution in [0.2, 0.25) is 0 Å². The molecule has 1 rings (SSSR count). The maximum absolute atomic E-state index is 13.2. The van der Waals surface area contributed by atoms with Crippen molar-refractivity contribution >= 4 is 17.3 Å². The van der Waals surface area contributed by atoms with Crippen molar-refractivity contribution in [2.24, 2.45) is 0 Å². The zero-order chi connectivity index (χ0) is 13.0. The van der Waals surface area contributed by atoms with E-state index in [1.54, 1.807) is 31.1 Å². The van der Waals surface area contributed by atoms with Crippen molar-refractivity contribution in [3.63, 3.8) is 0 Å². The van der Waals surface area contributed by atoms with E-state index in [1.807, 2.05) is 6.07 Å². The lowest BCUT2D eigenvalue weighted by Crippen LogP contribution is -2.09. The quantitative estimate of drug-likeness (QED) is 0.763. The summed E-state index contributed by atoms with van der Waals surface area (Å²) < 4.78 is 13.2. The fourth-order valence-corrected chi connectivity index (χ4v) is 1.33. The molecular formula is C13H12ClFN2. The number of hydrogen-bond donors (Lipinski definition) is 0. The van der Waals surface area contributed by atoms with Crippen molar-refractivity contribution in [1.82, 2.24) is 0 Å². The molecule has 0 aliphatic heterocycles. The monoisotopic (exact) mass is 250 g/mol. The first-order valence-electron chi connectivity index (χ1n) is 4.90. The molecule has 0 amide bonds. The Bertz CT molecular complexity index is 515. The molecule has 0 aromatic heterocycles. The molecule has 0 saturated heterocycles. The third-order valence-electron chi connectivity index (χ3n) is 2.23. The first-order chi connectivity index (χ1) is 7.93. The Balaban J connectivity index is 3.09. The van der Waals surface area contributed by atoms with Crippen molar-refractivity contribution < 1.29 is 4.39 Å². The van der Waals surface area contributed by atoms with Crippen molar-refractivity contribution in [2.75, 3.05) is 11.9 Å². The summed E-state index contributed by atoms with van der Waals surface area (Å²) in [6.07, 6.45) is 1.73. The lowest BCUT2D eigenvalue weighted by Gasteiger charge is -2.16. The van der Waals surface area contributed by atoms with Gasteiger partial charge in [-0.2, -0.15) is 5.26 Å². The molecule has 88 valence electrons. The van der Waals surface area contributed by atoms with Crippen LogP contribution in [0.5, 0.6) is 0 Å². The van der Waals surface area contributed by atoms with Gasteiger partial charge in [-0.25, -0.2) is 4.39 Å². The van der Waals surface area contributed by atoms with Gasteiger partial charge in [-0.15, -0.1) is 0 Å². The summed E-state index contributed by atoms with van der Waals surface area (Å²) in [6.45, 7) is 5.40. The maximum atomic E-state index is 13.2. The number of nitrogens with zero attached hydrogens (tertiary/aromatic N) is 2. The second-order valence-electron chi connectivity index (χ2n) is 3.64. The van der Waals surface area contributed by atoms with Gasteiger partial charge in [0.25, 0.3) is 0 Å². The first kappa shape index (κ1) is 13.3. The normalized spacial score (nSPS) is 10.9. The molecule has 1 aromatic carbocycles. The van der Waals surface area contributed by atoms with Gasteiger partial charge in [0.05, 0.1) is 11.6 Å². The van der Waals surface area contributed by atoms with Gasteiger partial charge < -0.3 is 4.90 Å². The van der Waals surface area contributed by atoms with Gasteiger partial charge in [-0.05, 0) is 30.7 Å². The SMILES string of the molecule is C=C(Cl)/C(C)=C\N(C)c1cc(F)cc(C#N)c1. The summed E-state index contributed by atoms with van der Waals surface area (Å²) in [5, 5.41) is 9.18. The van der Waals surface area contributed by atoms with Crippen molar-refractivity contribution in [3.05, 3.63) is 53.0 Å². The highest BCUT2D eigenvalue weighted by Crippen LogP contribution is 2.20. The summed E-state index contributed by atoms with van der Waals surface area (Å²) in [4.78, 5) is 1.69. The largest absolute Gasteiger partial charge is 0.351 e. The van der Waals surface area contributed by atoms with Gasteiger partial charge in [-0.3, -0.25) is 0 Å². The third-order valence-corrected chi connectivity index (χ3v) is 2.53. The topological polar surface area (TPSA) is 27.0 Å². The van der Waals surface area contributed by atoms with Crippen molar-refractivity contribution in [1.29, 1.82) is 5.26 Å². The minimum Gasteiger partial charge on any atom is -0.351 e. The Morgan fingerprint density at radius 1 is 1.53 bits per heavy atom. The molecule has 0 aliphatic rings. The fraction of sp³-hybridized carbons (Fsp3) is 0.154. The van der Waals surface area contributed by atoms with E-state index >= 15 is 0 Å².